The van der Waals surface area contributed by atoms with Crippen molar-refractivity contribution in [2.75, 3.05) is 6.26 Å². The van der Waals surface area contributed by atoms with Crippen molar-refractivity contribution in [2.45, 2.75) is 37.2 Å². The highest BCUT2D eigenvalue weighted by molar-refractivity contribution is 8.00. The lowest BCUT2D eigenvalue weighted by molar-refractivity contribution is -0.141. The molecule has 1 unspecified atom stereocenters. The lowest BCUT2D eigenvalue weighted by Gasteiger charge is -2.16. The van der Waals surface area contributed by atoms with Crippen molar-refractivity contribution >= 4 is 51.6 Å². The Morgan fingerprint density at radius 2 is 2.19 bits per heavy atom. The molecule has 0 aromatic carbocycles. The first-order valence-electron chi connectivity index (χ1n) is 6.38. The minimum absolute atomic E-state index is 0.237. The molecule has 0 aliphatic carbocycles. The molecule has 2 aromatic rings. The van der Waals surface area contributed by atoms with E-state index in [0.717, 1.165) is 4.34 Å². The molecule has 2 rings (SSSR count). The summed E-state index contributed by atoms with van der Waals surface area (Å²) in [5, 5.41) is 9.33. The largest absolute Gasteiger partial charge is 0.480 e. The van der Waals surface area contributed by atoms with Crippen LogP contribution in [0.3, 0.4) is 0 Å². The Labute approximate surface area is 134 Å². The number of fused-ring (bicyclic) bond motifs is 1. The first-order valence-corrected chi connectivity index (χ1v) is 8.83. The van der Waals surface area contributed by atoms with Crippen molar-refractivity contribution in [2.24, 2.45) is 0 Å². The topological polar surface area (TPSA) is 77.1 Å². The van der Waals surface area contributed by atoms with Gasteiger partial charge in [0.05, 0.1) is 0 Å². The van der Waals surface area contributed by atoms with Gasteiger partial charge in [-0.25, -0.2) is 9.78 Å². The number of aromatic nitrogens is 3. The van der Waals surface area contributed by atoms with Crippen LogP contribution in [0.15, 0.2) is 9.13 Å². The van der Waals surface area contributed by atoms with Crippen LogP contribution in [-0.2, 0) is 11.3 Å². The predicted molar refractivity (Wildman–Crippen MR) is 87.1 cm³/mol. The first-order chi connectivity index (χ1) is 9.96. The highest BCUT2D eigenvalue weighted by Gasteiger charge is 2.24. The SMILES string of the molecule is CCC(C(=O)O)n1c(=O)c2nc(SC)sc2n(CC)c1=S. The summed E-state index contributed by atoms with van der Waals surface area (Å²) in [6, 6.07) is -0.966. The lowest BCUT2D eigenvalue weighted by atomic mass is 10.2. The van der Waals surface area contributed by atoms with Gasteiger partial charge in [0.1, 0.15) is 10.9 Å². The van der Waals surface area contributed by atoms with Crippen LogP contribution in [0.1, 0.15) is 26.3 Å². The third kappa shape index (κ3) is 2.65. The average Bonchev–Trinajstić information content (AvgIpc) is 2.87. The number of hydrogen-bond donors (Lipinski definition) is 1. The highest BCUT2D eigenvalue weighted by Crippen LogP contribution is 2.27. The monoisotopic (exact) mass is 345 g/mol. The molecule has 0 aliphatic heterocycles. The van der Waals surface area contributed by atoms with E-state index in [-0.39, 0.29) is 11.2 Å². The van der Waals surface area contributed by atoms with Gasteiger partial charge in [-0.1, -0.05) is 30.0 Å². The minimum Gasteiger partial charge on any atom is -0.480 e. The summed E-state index contributed by atoms with van der Waals surface area (Å²) in [5.74, 6) is -1.06. The van der Waals surface area contributed by atoms with Gasteiger partial charge in [0.15, 0.2) is 14.6 Å². The van der Waals surface area contributed by atoms with E-state index in [9.17, 15) is 14.7 Å². The third-order valence-electron chi connectivity index (χ3n) is 3.17. The maximum Gasteiger partial charge on any atom is 0.326 e. The zero-order chi connectivity index (χ0) is 15.7. The number of hydrogen-bond acceptors (Lipinski definition) is 6. The second-order valence-electron chi connectivity index (χ2n) is 4.30. The van der Waals surface area contributed by atoms with E-state index in [0.29, 0.717) is 16.9 Å². The molecule has 21 heavy (non-hydrogen) atoms. The third-order valence-corrected chi connectivity index (χ3v) is 5.65. The fourth-order valence-corrected chi connectivity index (χ4v) is 4.24. The van der Waals surface area contributed by atoms with Crippen molar-refractivity contribution < 1.29 is 9.90 Å². The van der Waals surface area contributed by atoms with Crippen molar-refractivity contribution in [1.29, 1.82) is 0 Å². The van der Waals surface area contributed by atoms with Crippen molar-refractivity contribution in [3.63, 3.8) is 0 Å². The number of aliphatic carboxylic acids is 1. The van der Waals surface area contributed by atoms with E-state index in [1.807, 2.05) is 13.2 Å². The first kappa shape index (κ1) is 16.2. The molecule has 1 N–H and O–H groups in total. The van der Waals surface area contributed by atoms with Crippen LogP contribution in [0.2, 0.25) is 0 Å². The number of thioether (sulfide) groups is 1. The summed E-state index contributed by atoms with van der Waals surface area (Å²) in [7, 11) is 0. The number of carboxylic acid groups (broad SMARTS) is 1. The summed E-state index contributed by atoms with van der Waals surface area (Å²) >= 11 is 8.20. The normalized spacial score (nSPS) is 12.7. The smallest absolute Gasteiger partial charge is 0.326 e. The van der Waals surface area contributed by atoms with Gasteiger partial charge >= 0.3 is 5.97 Å². The fraction of sp³-hybridized carbons (Fsp3) is 0.500. The summed E-state index contributed by atoms with van der Waals surface area (Å²) in [6.45, 7) is 4.18. The maximum absolute atomic E-state index is 12.6. The Morgan fingerprint density at radius 3 is 2.67 bits per heavy atom. The Bertz CT molecular complexity index is 806. The quantitative estimate of drug-likeness (QED) is 0.663. The van der Waals surface area contributed by atoms with E-state index >= 15 is 0 Å². The second-order valence-corrected chi connectivity index (χ2v) is 6.70. The molecule has 0 saturated heterocycles. The molecule has 0 bridgehead atoms. The Morgan fingerprint density at radius 1 is 1.52 bits per heavy atom. The molecule has 1 atom stereocenters. The molecule has 6 nitrogen and oxygen atoms in total. The number of rotatable bonds is 5. The molecule has 0 radical (unpaired) electrons. The van der Waals surface area contributed by atoms with E-state index in [4.69, 9.17) is 12.2 Å². The van der Waals surface area contributed by atoms with E-state index in [2.05, 4.69) is 4.98 Å². The summed E-state index contributed by atoms with van der Waals surface area (Å²) in [5.41, 5.74) is -0.134. The highest BCUT2D eigenvalue weighted by atomic mass is 32.2. The Kier molecular flexibility index (Phi) is 4.84. The molecule has 0 saturated carbocycles. The number of carbonyl (C=O) groups is 1. The van der Waals surface area contributed by atoms with Gasteiger partial charge in [-0.2, -0.15) is 0 Å². The van der Waals surface area contributed by atoms with Crippen LogP contribution in [-0.4, -0.2) is 31.4 Å². The number of carboxylic acids is 1. The van der Waals surface area contributed by atoms with Crippen LogP contribution < -0.4 is 5.56 Å². The van der Waals surface area contributed by atoms with Gasteiger partial charge in [0.2, 0.25) is 0 Å². The van der Waals surface area contributed by atoms with E-state index in [1.54, 1.807) is 11.5 Å². The molecular weight excluding hydrogens is 330 g/mol. The van der Waals surface area contributed by atoms with Crippen LogP contribution in [0.4, 0.5) is 0 Å². The maximum atomic E-state index is 12.6. The van der Waals surface area contributed by atoms with Crippen molar-refractivity contribution in [3.8, 4) is 0 Å². The van der Waals surface area contributed by atoms with Gasteiger partial charge in [0, 0.05) is 6.54 Å². The van der Waals surface area contributed by atoms with E-state index < -0.39 is 17.6 Å². The Balaban J connectivity index is 2.93. The zero-order valence-electron chi connectivity index (χ0n) is 11.8. The average molecular weight is 345 g/mol. The van der Waals surface area contributed by atoms with Crippen molar-refractivity contribution in [3.05, 3.63) is 15.1 Å². The summed E-state index contributed by atoms with van der Waals surface area (Å²) < 4.78 is 3.95. The summed E-state index contributed by atoms with van der Waals surface area (Å²) in [4.78, 5) is 29.0. The molecule has 0 spiro atoms. The molecule has 0 aliphatic rings. The van der Waals surface area contributed by atoms with Gasteiger partial charge in [0.25, 0.3) is 5.56 Å². The van der Waals surface area contributed by atoms with Gasteiger partial charge in [-0.15, -0.1) is 0 Å². The van der Waals surface area contributed by atoms with Crippen LogP contribution in [0, 0.1) is 4.77 Å². The molecule has 9 heteroatoms. The second kappa shape index (κ2) is 6.29. The lowest BCUT2D eigenvalue weighted by Crippen LogP contribution is -2.32. The Hall–Kier alpha value is -1.19. The predicted octanol–water partition coefficient (Wildman–Crippen LogP) is 2.77. The summed E-state index contributed by atoms with van der Waals surface area (Å²) in [6.07, 6.45) is 2.17. The molecule has 0 fully saturated rings. The van der Waals surface area contributed by atoms with Gasteiger partial charge < -0.3 is 9.67 Å². The van der Waals surface area contributed by atoms with Crippen molar-refractivity contribution in [1.82, 2.24) is 14.1 Å². The molecular formula is C12H15N3O3S3. The standard InChI is InChI=1S/C12H15N3O3S3/c1-4-6(10(17)18)15-8(16)7-9(14(5-2)12(15)19)21-11(13-7)20-3/h6H,4-5H2,1-3H3,(H,17,18). The van der Waals surface area contributed by atoms with Crippen LogP contribution >= 0.6 is 35.3 Å². The zero-order valence-corrected chi connectivity index (χ0v) is 14.3. The van der Waals surface area contributed by atoms with Gasteiger partial charge in [-0.3, -0.25) is 9.36 Å². The van der Waals surface area contributed by atoms with E-state index in [1.165, 1.54) is 27.7 Å². The number of aryl methyl sites for hydroxylation is 1. The van der Waals surface area contributed by atoms with Crippen LogP contribution in [0.25, 0.3) is 10.3 Å². The fourth-order valence-electron chi connectivity index (χ4n) is 2.14. The molecule has 114 valence electrons. The van der Waals surface area contributed by atoms with Gasteiger partial charge in [-0.05, 0) is 31.8 Å². The molecule has 0 amide bonds. The number of thiazole rings is 1. The number of nitrogens with zero attached hydrogens (tertiary/aromatic N) is 3. The molecule has 2 aromatic heterocycles. The minimum atomic E-state index is -1.06. The molecule has 2 heterocycles. The van der Waals surface area contributed by atoms with Crippen LogP contribution in [0.5, 0.6) is 0 Å².